The maximum absolute atomic E-state index is 13.3. The van der Waals surface area contributed by atoms with Crippen LogP contribution in [0.4, 0.5) is 4.39 Å². The van der Waals surface area contributed by atoms with Gasteiger partial charge in [0, 0.05) is 19.0 Å². The molecule has 0 fully saturated rings. The SMILES string of the molecule is CCn1nc(C)c(Br)c1CC(Cc1cccc(F)c1)NN. The average Bonchev–Trinajstić information content (AvgIpc) is 2.74. The summed E-state index contributed by atoms with van der Waals surface area (Å²) in [5, 5.41) is 4.48. The largest absolute Gasteiger partial charge is 0.271 e. The summed E-state index contributed by atoms with van der Waals surface area (Å²) in [4.78, 5) is 0. The molecule has 1 aromatic carbocycles. The molecule has 0 radical (unpaired) electrons. The van der Waals surface area contributed by atoms with Crippen LogP contribution in [0.5, 0.6) is 0 Å². The van der Waals surface area contributed by atoms with Crippen LogP contribution in [0.15, 0.2) is 28.7 Å². The topological polar surface area (TPSA) is 55.9 Å². The third-order valence-corrected chi connectivity index (χ3v) is 4.53. The molecule has 1 atom stereocenters. The van der Waals surface area contributed by atoms with E-state index in [0.29, 0.717) is 6.42 Å². The van der Waals surface area contributed by atoms with Crippen LogP contribution in [0.3, 0.4) is 0 Å². The lowest BCUT2D eigenvalue weighted by Crippen LogP contribution is -2.39. The number of hydrogen-bond donors (Lipinski definition) is 2. The van der Waals surface area contributed by atoms with Gasteiger partial charge in [-0.15, -0.1) is 0 Å². The molecule has 0 saturated heterocycles. The minimum atomic E-state index is -0.223. The Balaban J connectivity index is 2.16. The van der Waals surface area contributed by atoms with E-state index in [1.165, 1.54) is 6.07 Å². The summed E-state index contributed by atoms with van der Waals surface area (Å²) >= 11 is 3.58. The molecule has 0 saturated carbocycles. The highest BCUT2D eigenvalue weighted by Crippen LogP contribution is 2.23. The Morgan fingerprint density at radius 3 is 2.81 bits per heavy atom. The van der Waals surface area contributed by atoms with Crippen LogP contribution in [0.1, 0.15) is 23.9 Å². The molecular formula is C15H20BrFN4. The second-order valence-corrected chi connectivity index (χ2v) is 5.86. The van der Waals surface area contributed by atoms with Gasteiger partial charge in [0.1, 0.15) is 5.82 Å². The van der Waals surface area contributed by atoms with Gasteiger partial charge >= 0.3 is 0 Å². The Morgan fingerprint density at radius 1 is 1.43 bits per heavy atom. The summed E-state index contributed by atoms with van der Waals surface area (Å²) in [5.74, 6) is 5.44. The number of aromatic nitrogens is 2. The van der Waals surface area contributed by atoms with Crippen LogP contribution in [-0.2, 0) is 19.4 Å². The quantitative estimate of drug-likeness (QED) is 0.619. The molecule has 1 heterocycles. The Hall–Kier alpha value is -1.24. The summed E-state index contributed by atoms with van der Waals surface area (Å²) < 4.78 is 16.2. The fraction of sp³-hybridized carbons (Fsp3) is 0.400. The number of rotatable bonds is 6. The van der Waals surface area contributed by atoms with Crippen molar-refractivity contribution in [1.82, 2.24) is 15.2 Å². The Kier molecular flexibility index (Phi) is 5.50. The van der Waals surface area contributed by atoms with Crippen molar-refractivity contribution in [2.75, 3.05) is 0 Å². The number of hydrazine groups is 1. The summed E-state index contributed by atoms with van der Waals surface area (Å²) in [5.41, 5.74) is 5.82. The third kappa shape index (κ3) is 3.90. The molecule has 1 unspecified atom stereocenters. The number of halogens is 2. The summed E-state index contributed by atoms with van der Waals surface area (Å²) in [7, 11) is 0. The zero-order valence-corrected chi connectivity index (χ0v) is 13.8. The minimum Gasteiger partial charge on any atom is -0.271 e. The molecule has 0 bridgehead atoms. The number of hydrogen-bond acceptors (Lipinski definition) is 3. The molecule has 0 aliphatic rings. The molecule has 0 amide bonds. The lowest BCUT2D eigenvalue weighted by atomic mass is 10.0. The van der Waals surface area contributed by atoms with E-state index < -0.39 is 0 Å². The van der Waals surface area contributed by atoms with Gasteiger partial charge in [0.25, 0.3) is 0 Å². The summed E-state index contributed by atoms with van der Waals surface area (Å²) in [6, 6.07) is 6.63. The molecule has 4 nitrogen and oxygen atoms in total. The second kappa shape index (κ2) is 7.15. The van der Waals surface area contributed by atoms with E-state index >= 15 is 0 Å². The highest BCUT2D eigenvalue weighted by atomic mass is 79.9. The first-order valence-electron chi connectivity index (χ1n) is 6.97. The van der Waals surface area contributed by atoms with Crippen molar-refractivity contribution in [3.63, 3.8) is 0 Å². The van der Waals surface area contributed by atoms with E-state index in [4.69, 9.17) is 5.84 Å². The van der Waals surface area contributed by atoms with Gasteiger partial charge in [0.15, 0.2) is 0 Å². The molecular weight excluding hydrogens is 335 g/mol. The van der Waals surface area contributed by atoms with Crippen molar-refractivity contribution in [2.45, 2.75) is 39.3 Å². The zero-order chi connectivity index (χ0) is 15.4. The lowest BCUT2D eigenvalue weighted by Gasteiger charge is -2.17. The van der Waals surface area contributed by atoms with Crippen molar-refractivity contribution < 1.29 is 4.39 Å². The normalized spacial score (nSPS) is 12.6. The molecule has 2 rings (SSSR count). The van der Waals surface area contributed by atoms with Crippen LogP contribution in [0.2, 0.25) is 0 Å². The zero-order valence-electron chi connectivity index (χ0n) is 12.2. The summed E-state index contributed by atoms with van der Waals surface area (Å²) in [6.07, 6.45) is 1.39. The van der Waals surface area contributed by atoms with Crippen molar-refractivity contribution in [3.05, 3.63) is 51.5 Å². The van der Waals surface area contributed by atoms with E-state index in [0.717, 1.165) is 34.4 Å². The fourth-order valence-corrected chi connectivity index (χ4v) is 2.88. The van der Waals surface area contributed by atoms with E-state index in [2.05, 4.69) is 33.4 Å². The van der Waals surface area contributed by atoms with E-state index in [-0.39, 0.29) is 11.9 Å². The van der Waals surface area contributed by atoms with Gasteiger partial charge in [-0.3, -0.25) is 16.0 Å². The number of nitrogens with one attached hydrogen (secondary N) is 1. The van der Waals surface area contributed by atoms with E-state index in [1.807, 2.05) is 17.7 Å². The molecule has 21 heavy (non-hydrogen) atoms. The highest BCUT2D eigenvalue weighted by Gasteiger charge is 2.17. The summed E-state index contributed by atoms with van der Waals surface area (Å²) in [6.45, 7) is 4.83. The first-order valence-corrected chi connectivity index (χ1v) is 7.76. The molecule has 114 valence electrons. The van der Waals surface area contributed by atoms with Crippen LogP contribution < -0.4 is 11.3 Å². The number of nitrogens with zero attached hydrogens (tertiary/aromatic N) is 2. The van der Waals surface area contributed by atoms with Crippen LogP contribution in [-0.4, -0.2) is 15.8 Å². The van der Waals surface area contributed by atoms with Crippen molar-refractivity contribution in [2.24, 2.45) is 5.84 Å². The van der Waals surface area contributed by atoms with Gasteiger partial charge in [0.2, 0.25) is 0 Å². The number of benzene rings is 1. The first kappa shape index (κ1) is 16.1. The van der Waals surface area contributed by atoms with Gasteiger partial charge < -0.3 is 0 Å². The van der Waals surface area contributed by atoms with Crippen molar-refractivity contribution >= 4 is 15.9 Å². The van der Waals surface area contributed by atoms with Crippen LogP contribution in [0, 0.1) is 12.7 Å². The standard InChI is InChI=1S/C15H20BrFN4/c1-3-21-14(15(16)10(2)20-21)9-13(19-18)8-11-5-4-6-12(17)7-11/h4-7,13,19H,3,8-9,18H2,1-2H3. The van der Waals surface area contributed by atoms with E-state index in [9.17, 15) is 4.39 Å². The van der Waals surface area contributed by atoms with Gasteiger partial charge in [-0.25, -0.2) is 4.39 Å². The predicted molar refractivity (Wildman–Crippen MR) is 85.3 cm³/mol. The molecule has 0 aliphatic carbocycles. The van der Waals surface area contributed by atoms with Crippen molar-refractivity contribution in [3.8, 4) is 0 Å². The van der Waals surface area contributed by atoms with Crippen LogP contribution >= 0.6 is 15.9 Å². The minimum absolute atomic E-state index is 0.0181. The molecule has 2 aromatic rings. The van der Waals surface area contributed by atoms with Crippen LogP contribution in [0.25, 0.3) is 0 Å². The van der Waals surface area contributed by atoms with Gasteiger partial charge in [-0.05, 0) is 53.9 Å². The monoisotopic (exact) mass is 354 g/mol. The van der Waals surface area contributed by atoms with E-state index in [1.54, 1.807) is 12.1 Å². The van der Waals surface area contributed by atoms with Gasteiger partial charge in [0.05, 0.1) is 15.9 Å². The smallest absolute Gasteiger partial charge is 0.123 e. The molecule has 6 heteroatoms. The maximum atomic E-state index is 13.3. The molecule has 1 aromatic heterocycles. The maximum Gasteiger partial charge on any atom is 0.123 e. The molecule has 3 N–H and O–H groups in total. The first-order chi connectivity index (χ1) is 10.0. The lowest BCUT2D eigenvalue weighted by molar-refractivity contribution is 0.494. The molecule has 0 aliphatic heterocycles. The Labute approximate surface area is 132 Å². The highest BCUT2D eigenvalue weighted by molar-refractivity contribution is 9.10. The number of nitrogens with two attached hydrogens (primary N) is 1. The Bertz CT molecular complexity index is 612. The van der Waals surface area contributed by atoms with Crippen molar-refractivity contribution in [1.29, 1.82) is 0 Å². The Morgan fingerprint density at radius 2 is 2.19 bits per heavy atom. The third-order valence-electron chi connectivity index (χ3n) is 3.50. The average molecular weight is 355 g/mol. The predicted octanol–water partition coefficient (Wildman–Crippen LogP) is 2.73. The van der Waals surface area contributed by atoms with Gasteiger partial charge in [-0.2, -0.15) is 5.10 Å². The molecule has 0 spiro atoms. The second-order valence-electron chi connectivity index (χ2n) is 5.06. The van der Waals surface area contributed by atoms with Gasteiger partial charge in [-0.1, -0.05) is 12.1 Å². The number of aryl methyl sites for hydroxylation is 2. The fourth-order valence-electron chi connectivity index (χ4n) is 2.44.